The highest BCUT2D eigenvalue weighted by atomic mass is 35.5. The first kappa shape index (κ1) is 13.6. The molecule has 1 aromatic carbocycles. The van der Waals surface area contributed by atoms with E-state index in [2.05, 4.69) is 10.2 Å². The van der Waals surface area contributed by atoms with Crippen molar-refractivity contribution in [2.24, 2.45) is 0 Å². The average Bonchev–Trinajstić information content (AvgIpc) is 2.88. The molecule has 0 aromatic heterocycles. The monoisotopic (exact) mass is 272 g/mol. The Bertz CT molecular complexity index is 397. The normalized spacial score (nSPS) is 19.2. The van der Waals surface area contributed by atoms with Crippen LogP contribution in [0.2, 0.25) is 5.02 Å². The molecule has 18 heavy (non-hydrogen) atoms. The standard InChI is InChI=1S/C13H18ClFN2O/c1-18-7-6-17(11-4-5-16-9-11)10-2-3-13(15)12(14)8-10/h2-3,8,11,16H,4-7,9H2,1H3. The Morgan fingerprint density at radius 2 is 2.39 bits per heavy atom. The van der Waals surface area contributed by atoms with E-state index >= 15 is 0 Å². The molecule has 1 atom stereocenters. The summed E-state index contributed by atoms with van der Waals surface area (Å²) in [7, 11) is 1.68. The highest BCUT2D eigenvalue weighted by Crippen LogP contribution is 2.25. The number of ether oxygens (including phenoxy) is 1. The Kier molecular flexibility index (Phi) is 4.80. The van der Waals surface area contributed by atoms with Crippen LogP contribution in [0.5, 0.6) is 0 Å². The van der Waals surface area contributed by atoms with Gasteiger partial charge in [0.15, 0.2) is 0 Å². The van der Waals surface area contributed by atoms with Gasteiger partial charge in [-0.05, 0) is 31.2 Å². The number of nitrogens with zero attached hydrogens (tertiary/aromatic N) is 1. The lowest BCUT2D eigenvalue weighted by atomic mass is 10.2. The molecule has 0 spiro atoms. The van der Waals surface area contributed by atoms with Crippen molar-refractivity contribution in [1.29, 1.82) is 0 Å². The van der Waals surface area contributed by atoms with Crippen molar-refractivity contribution in [3.8, 4) is 0 Å². The summed E-state index contributed by atoms with van der Waals surface area (Å²) in [6.07, 6.45) is 1.08. The Balaban J connectivity index is 2.17. The molecule has 1 aliphatic rings. The Hall–Kier alpha value is -0.840. The SMILES string of the molecule is COCCN(c1ccc(F)c(Cl)c1)C1CCNC1. The third-order valence-corrected chi connectivity index (χ3v) is 3.54. The summed E-state index contributed by atoms with van der Waals surface area (Å²) in [5, 5.41) is 3.50. The molecule has 1 saturated heterocycles. The fraction of sp³-hybridized carbons (Fsp3) is 0.538. The van der Waals surface area contributed by atoms with Crippen LogP contribution in [0.3, 0.4) is 0 Å². The second-order valence-electron chi connectivity index (χ2n) is 4.43. The summed E-state index contributed by atoms with van der Waals surface area (Å²) in [5.74, 6) is -0.378. The van der Waals surface area contributed by atoms with E-state index in [0.29, 0.717) is 12.6 Å². The summed E-state index contributed by atoms with van der Waals surface area (Å²) in [6.45, 7) is 3.39. The maximum Gasteiger partial charge on any atom is 0.141 e. The molecule has 0 bridgehead atoms. The Morgan fingerprint density at radius 1 is 1.56 bits per heavy atom. The number of anilines is 1. The molecule has 1 N–H and O–H groups in total. The number of methoxy groups -OCH3 is 1. The van der Waals surface area contributed by atoms with Crippen LogP contribution in [0.4, 0.5) is 10.1 Å². The zero-order valence-electron chi connectivity index (χ0n) is 10.5. The number of benzene rings is 1. The molecule has 0 radical (unpaired) electrons. The van der Waals surface area contributed by atoms with Gasteiger partial charge < -0.3 is 15.0 Å². The van der Waals surface area contributed by atoms with E-state index in [4.69, 9.17) is 16.3 Å². The lowest BCUT2D eigenvalue weighted by Gasteiger charge is -2.30. The van der Waals surface area contributed by atoms with Crippen molar-refractivity contribution in [1.82, 2.24) is 5.32 Å². The van der Waals surface area contributed by atoms with E-state index in [0.717, 1.165) is 31.7 Å². The summed E-state index contributed by atoms with van der Waals surface area (Å²) >= 11 is 5.85. The predicted octanol–water partition coefficient (Wildman–Crippen LogP) is 2.29. The lowest BCUT2D eigenvalue weighted by Crippen LogP contribution is -2.39. The van der Waals surface area contributed by atoms with Gasteiger partial charge in [0.1, 0.15) is 5.82 Å². The van der Waals surface area contributed by atoms with Crippen molar-refractivity contribution in [3.05, 3.63) is 29.0 Å². The molecule has 1 unspecified atom stereocenters. The maximum atomic E-state index is 13.2. The topological polar surface area (TPSA) is 24.5 Å². The van der Waals surface area contributed by atoms with E-state index < -0.39 is 0 Å². The molecule has 1 fully saturated rings. The van der Waals surface area contributed by atoms with Gasteiger partial charge in [-0.15, -0.1) is 0 Å². The number of hydrogen-bond acceptors (Lipinski definition) is 3. The number of halogens is 2. The second-order valence-corrected chi connectivity index (χ2v) is 4.84. The zero-order chi connectivity index (χ0) is 13.0. The van der Waals surface area contributed by atoms with Crippen molar-refractivity contribution >= 4 is 17.3 Å². The van der Waals surface area contributed by atoms with E-state index in [1.54, 1.807) is 19.2 Å². The molecule has 0 aliphatic carbocycles. The molecular weight excluding hydrogens is 255 g/mol. The summed E-state index contributed by atoms with van der Waals surface area (Å²) in [5.41, 5.74) is 0.951. The third-order valence-electron chi connectivity index (χ3n) is 3.25. The van der Waals surface area contributed by atoms with E-state index in [1.165, 1.54) is 6.07 Å². The van der Waals surface area contributed by atoms with Crippen LogP contribution in [-0.2, 0) is 4.74 Å². The molecular formula is C13H18ClFN2O. The smallest absolute Gasteiger partial charge is 0.141 e. The second kappa shape index (κ2) is 6.36. The average molecular weight is 273 g/mol. The van der Waals surface area contributed by atoms with Crippen LogP contribution in [0.15, 0.2) is 18.2 Å². The molecule has 0 amide bonds. The third kappa shape index (κ3) is 3.13. The molecule has 5 heteroatoms. The molecule has 100 valence electrons. The summed E-state index contributed by atoms with van der Waals surface area (Å²) < 4.78 is 18.3. The Labute approximate surface area is 112 Å². The zero-order valence-corrected chi connectivity index (χ0v) is 11.2. The maximum absolute atomic E-state index is 13.2. The quantitative estimate of drug-likeness (QED) is 0.890. The van der Waals surface area contributed by atoms with Crippen LogP contribution in [-0.4, -0.2) is 39.4 Å². The molecule has 1 aliphatic heterocycles. The lowest BCUT2D eigenvalue weighted by molar-refractivity contribution is 0.203. The van der Waals surface area contributed by atoms with Crippen molar-refractivity contribution < 1.29 is 9.13 Å². The van der Waals surface area contributed by atoms with Gasteiger partial charge in [-0.1, -0.05) is 11.6 Å². The van der Waals surface area contributed by atoms with Gasteiger partial charge in [-0.3, -0.25) is 0 Å². The van der Waals surface area contributed by atoms with Crippen molar-refractivity contribution in [2.75, 3.05) is 38.3 Å². The largest absolute Gasteiger partial charge is 0.383 e. The summed E-state index contributed by atoms with van der Waals surface area (Å²) in [6, 6.07) is 5.29. The minimum Gasteiger partial charge on any atom is -0.383 e. The predicted molar refractivity (Wildman–Crippen MR) is 71.9 cm³/mol. The van der Waals surface area contributed by atoms with Crippen molar-refractivity contribution in [3.63, 3.8) is 0 Å². The highest BCUT2D eigenvalue weighted by molar-refractivity contribution is 6.31. The number of nitrogens with one attached hydrogen (secondary N) is 1. The van der Waals surface area contributed by atoms with Gasteiger partial charge in [-0.2, -0.15) is 0 Å². The van der Waals surface area contributed by atoms with Crippen LogP contribution >= 0.6 is 11.6 Å². The van der Waals surface area contributed by atoms with Crippen LogP contribution < -0.4 is 10.2 Å². The minimum absolute atomic E-state index is 0.167. The van der Waals surface area contributed by atoms with Crippen molar-refractivity contribution in [2.45, 2.75) is 12.5 Å². The number of hydrogen-bond donors (Lipinski definition) is 1. The summed E-state index contributed by atoms with van der Waals surface area (Å²) in [4.78, 5) is 2.23. The minimum atomic E-state index is -0.378. The molecule has 2 rings (SSSR count). The van der Waals surface area contributed by atoms with Crippen LogP contribution in [0, 0.1) is 5.82 Å². The first-order chi connectivity index (χ1) is 8.72. The number of rotatable bonds is 5. The Morgan fingerprint density at radius 3 is 3.00 bits per heavy atom. The van der Waals surface area contributed by atoms with Gasteiger partial charge in [0, 0.05) is 31.9 Å². The van der Waals surface area contributed by atoms with Crippen LogP contribution in [0.25, 0.3) is 0 Å². The van der Waals surface area contributed by atoms with E-state index in [1.807, 2.05) is 0 Å². The van der Waals surface area contributed by atoms with Gasteiger partial charge in [0.05, 0.1) is 11.6 Å². The van der Waals surface area contributed by atoms with Crippen LogP contribution in [0.1, 0.15) is 6.42 Å². The molecule has 1 heterocycles. The van der Waals surface area contributed by atoms with Gasteiger partial charge in [0.2, 0.25) is 0 Å². The fourth-order valence-electron chi connectivity index (χ4n) is 2.28. The first-order valence-electron chi connectivity index (χ1n) is 6.13. The van der Waals surface area contributed by atoms with Gasteiger partial charge in [-0.25, -0.2) is 4.39 Å². The fourth-order valence-corrected chi connectivity index (χ4v) is 2.46. The molecule has 0 saturated carbocycles. The van der Waals surface area contributed by atoms with Gasteiger partial charge >= 0.3 is 0 Å². The highest BCUT2D eigenvalue weighted by Gasteiger charge is 2.22. The molecule has 1 aromatic rings. The van der Waals surface area contributed by atoms with E-state index in [-0.39, 0.29) is 10.8 Å². The van der Waals surface area contributed by atoms with Gasteiger partial charge in [0.25, 0.3) is 0 Å². The molecule has 3 nitrogen and oxygen atoms in total. The first-order valence-corrected chi connectivity index (χ1v) is 6.51. The van der Waals surface area contributed by atoms with E-state index in [9.17, 15) is 4.39 Å².